The molecule has 0 aliphatic carbocycles. The van der Waals surface area contributed by atoms with E-state index < -0.39 is 16.2 Å². The Morgan fingerprint density at radius 2 is 1.83 bits per heavy atom. The van der Waals surface area contributed by atoms with Crippen molar-refractivity contribution in [3.05, 3.63) is 35.4 Å². The van der Waals surface area contributed by atoms with Crippen LogP contribution in [0.25, 0.3) is 0 Å². The van der Waals surface area contributed by atoms with Crippen molar-refractivity contribution in [2.24, 2.45) is 0 Å². The van der Waals surface area contributed by atoms with E-state index in [1.165, 1.54) is 12.1 Å². The van der Waals surface area contributed by atoms with Crippen molar-refractivity contribution in [2.75, 3.05) is 6.54 Å². The molecule has 6 nitrogen and oxygen atoms in total. The number of rotatable bonds is 7. The van der Waals surface area contributed by atoms with Crippen LogP contribution in [0.4, 0.5) is 0 Å². The zero-order valence-corrected chi connectivity index (χ0v) is 10.8. The second kappa shape index (κ2) is 6.48. The van der Waals surface area contributed by atoms with Crippen LogP contribution in [0.5, 0.6) is 0 Å². The average Bonchev–Trinajstić information content (AvgIpc) is 2.35. The molecule has 0 aliphatic heterocycles. The zero-order valence-electron chi connectivity index (χ0n) is 10.0. The van der Waals surface area contributed by atoms with Gasteiger partial charge in [-0.05, 0) is 24.1 Å². The van der Waals surface area contributed by atoms with Gasteiger partial charge in [-0.15, -0.1) is 0 Å². The summed E-state index contributed by atoms with van der Waals surface area (Å²) >= 11 is 0. The normalized spacial score (nSPS) is 11.4. The Balaban J connectivity index is 2.56. The van der Waals surface area contributed by atoms with Crippen molar-refractivity contribution in [3.63, 3.8) is 0 Å². The van der Waals surface area contributed by atoms with Crippen molar-refractivity contribution in [1.82, 2.24) is 9.44 Å². The summed E-state index contributed by atoms with van der Waals surface area (Å²) in [5, 5.41) is 8.71. The molecule has 7 heteroatoms. The molecule has 1 aromatic carbocycles. The predicted octanol–water partition coefficient (Wildman–Crippen LogP) is 0.719. The highest BCUT2D eigenvalue weighted by Crippen LogP contribution is 2.04. The van der Waals surface area contributed by atoms with Gasteiger partial charge in [0, 0.05) is 13.1 Å². The largest absolute Gasteiger partial charge is 0.478 e. The Morgan fingerprint density at radius 1 is 1.22 bits per heavy atom. The SMILES string of the molecule is CCCNS(=O)(=O)NCc1ccc(C(=O)O)cc1. The van der Waals surface area contributed by atoms with Gasteiger partial charge in [0.05, 0.1) is 5.56 Å². The molecule has 3 N–H and O–H groups in total. The first kappa shape index (κ1) is 14.6. The Bertz CT molecular complexity index is 496. The molecule has 0 radical (unpaired) electrons. The van der Waals surface area contributed by atoms with E-state index in [4.69, 9.17) is 5.11 Å². The third-order valence-electron chi connectivity index (χ3n) is 2.21. The van der Waals surface area contributed by atoms with Gasteiger partial charge in [0.1, 0.15) is 0 Å². The molecule has 0 saturated heterocycles. The molecule has 0 spiro atoms. The maximum atomic E-state index is 11.4. The first-order valence-electron chi connectivity index (χ1n) is 5.51. The minimum Gasteiger partial charge on any atom is -0.478 e. The van der Waals surface area contributed by atoms with Gasteiger partial charge in [-0.3, -0.25) is 0 Å². The van der Waals surface area contributed by atoms with Crippen molar-refractivity contribution in [3.8, 4) is 0 Å². The lowest BCUT2D eigenvalue weighted by Gasteiger charge is -2.07. The molecule has 0 aromatic heterocycles. The Morgan fingerprint density at radius 3 is 2.33 bits per heavy atom. The number of nitrogens with one attached hydrogen (secondary N) is 2. The van der Waals surface area contributed by atoms with E-state index in [-0.39, 0.29) is 12.1 Å². The van der Waals surface area contributed by atoms with E-state index in [2.05, 4.69) is 9.44 Å². The molecule has 1 aromatic rings. The van der Waals surface area contributed by atoms with Crippen LogP contribution in [0.2, 0.25) is 0 Å². The van der Waals surface area contributed by atoms with E-state index in [1.54, 1.807) is 12.1 Å². The summed E-state index contributed by atoms with van der Waals surface area (Å²) in [6, 6.07) is 6.02. The number of hydrogen-bond donors (Lipinski definition) is 3. The van der Waals surface area contributed by atoms with E-state index in [0.717, 1.165) is 0 Å². The van der Waals surface area contributed by atoms with Gasteiger partial charge < -0.3 is 5.11 Å². The van der Waals surface area contributed by atoms with Gasteiger partial charge in [-0.25, -0.2) is 9.52 Å². The molecule has 0 bridgehead atoms. The molecule has 18 heavy (non-hydrogen) atoms. The molecule has 0 fully saturated rings. The lowest BCUT2D eigenvalue weighted by Crippen LogP contribution is -2.36. The minimum absolute atomic E-state index is 0.124. The van der Waals surface area contributed by atoms with Crippen LogP contribution >= 0.6 is 0 Å². The molecule has 0 atom stereocenters. The molecule has 0 heterocycles. The molecular formula is C11H16N2O4S. The fraction of sp³-hybridized carbons (Fsp3) is 0.364. The number of benzene rings is 1. The van der Waals surface area contributed by atoms with Crippen LogP contribution in [-0.4, -0.2) is 26.0 Å². The van der Waals surface area contributed by atoms with E-state index in [0.29, 0.717) is 18.5 Å². The van der Waals surface area contributed by atoms with Crippen molar-refractivity contribution >= 4 is 16.2 Å². The summed E-state index contributed by atoms with van der Waals surface area (Å²) < 4.78 is 27.6. The standard InChI is InChI=1S/C11H16N2O4S/c1-2-7-12-18(16,17)13-8-9-3-5-10(6-4-9)11(14)15/h3-6,12-13H,2,7-8H2,1H3,(H,14,15). The maximum Gasteiger partial charge on any atom is 0.335 e. The molecule has 0 unspecified atom stereocenters. The summed E-state index contributed by atoms with van der Waals surface area (Å²) in [5.74, 6) is -1.01. The highest BCUT2D eigenvalue weighted by molar-refractivity contribution is 7.87. The molecule has 0 saturated carbocycles. The molecule has 100 valence electrons. The van der Waals surface area contributed by atoms with Crippen LogP contribution in [-0.2, 0) is 16.8 Å². The highest BCUT2D eigenvalue weighted by Gasteiger charge is 2.08. The molecule has 0 amide bonds. The highest BCUT2D eigenvalue weighted by atomic mass is 32.2. The Hall–Kier alpha value is -1.44. The summed E-state index contributed by atoms with van der Waals surface area (Å²) in [4.78, 5) is 10.6. The van der Waals surface area contributed by atoms with Crippen LogP contribution in [0, 0.1) is 0 Å². The van der Waals surface area contributed by atoms with E-state index in [9.17, 15) is 13.2 Å². The number of carbonyl (C=O) groups is 1. The third kappa shape index (κ3) is 4.82. The maximum absolute atomic E-state index is 11.4. The van der Waals surface area contributed by atoms with Gasteiger partial charge >= 0.3 is 5.97 Å². The third-order valence-corrected chi connectivity index (χ3v) is 3.32. The van der Waals surface area contributed by atoms with Crippen LogP contribution in [0.3, 0.4) is 0 Å². The fourth-order valence-corrected chi connectivity index (χ4v) is 2.16. The van der Waals surface area contributed by atoms with Crippen LogP contribution in [0.1, 0.15) is 29.3 Å². The summed E-state index contributed by atoms with van der Waals surface area (Å²) in [5.41, 5.74) is 0.868. The van der Waals surface area contributed by atoms with E-state index in [1.807, 2.05) is 6.92 Å². The van der Waals surface area contributed by atoms with Gasteiger partial charge in [-0.1, -0.05) is 19.1 Å². The Kier molecular flexibility index (Phi) is 5.26. The van der Waals surface area contributed by atoms with Crippen molar-refractivity contribution in [2.45, 2.75) is 19.9 Å². The summed E-state index contributed by atoms with van der Waals surface area (Å²) in [7, 11) is -3.48. The predicted molar refractivity (Wildman–Crippen MR) is 67.5 cm³/mol. The topological polar surface area (TPSA) is 95.5 Å². The van der Waals surface area contributed by atoms with Gasteiger partial charge in [0.2, 0.25) is 0 Å². The van der Waals surface area contributed by atoms with Crippen LogP contribution in [0.15, 0.2) is 24.3 Å². The number of carboxylic acid groups (broad SMARTS) is 1. The summed E-state index contributed by atoms with van der Waals surface area (Å²) in [6.45, 7) is 2.37. The lowest BCUT2D eigenvalue weighted by atomic mass is 10.1. The quantitative estimate of drug-likeness (QED) is 0.681. The first-order chi connectivity index (χ1) is 8.44. The Labute approximate surface area is 106 Å². The number of carboxylic acids is 1. The molecule has 0 aliphatic rings. The minimum atomic E-state index is -3.48. The smallest absolute Gasteiger partial charge is 0.335 e. The molecular weight excluding hydrogens is 256 g/mol. The average molecular weight is 272 g/mol. The number of hydrogen-bond acceptors (Lipinski definition) is 3. The zero-order chi connectivity index (χ0) is 13.6. The van der Waals surface area contributed by atoms with Gasteiger partial charge in [0.25, 0.3) is 10.2 Å². The summed E-state index contributed by atoms with van der Waals surface area (Å²) in [6.07, 6.45) is 0.716. The van der Waals surface area contributed by atoms with Crippen molar-refractivity contribution < 1.29 is 18.3 Å². The monoisotopic (exact) mass is 272 g/mol. The second-order valence-electron chi connectivity index (χ2n) is 3.72. The first-order valence-corrected chi connectivity index (χ1v) is 6.99. The fourth-order valence-electron chi connectivity index (χ4n) is 1.23. The molecule has 1 rings (SSSR count). The van der Waals surface area contributed by atoms with Gasteiger partial charge in [-0.2, -0.15) is 13.1 Å². The van der Waals surface area contributed by atoms with Crippen LogP contribution < -0.4 is 9.44 Å². The van der Waals surface area contributed by atoms with Gasteiger partial charge in [0.15, 0.2) is 0 Å². The second-order valence-corrected chi connectivity index (χ2v) is 5.31. The number of aromatic carboxylic acids is 1. The lowest BCUT2D eigenvalue weighted by molar-refractivity contribution is 0.0697. The van der Waals surface area contributed by atoms with E-state index >= 15 is 0 Å². The van der Waals surface area contributed by atoms with Crippen molar-refractivity contribution in [1.29, 1.82) is 0 Å².